The van der Waals surface area contributed by atoms with Crippen LogP contribution in [0.25, 0.3) is 5.69 Å². The van der Waals surface area contributed by atoms with Crippen molar-refractivity contribution in [3.05, 3.63) is 76.1 Å². The van der Waals surface area contributed by atoms with E-state index in [1.54, 1.807) is 18.5 Å². The maximum absolute atomic E-state index is 11.2. The number of benzene rings is 2. The molecule has 0 spiro atoms. The van der Waals surface area contributed by atoms with Crippen molar-refractivity contribution < 1.29 is 4.92 Å². The van der Waals surface area contributed by atoms with Gasteiger partial charge in [0.15, 0.2) is 0 Å². The second kappa shape index (κ2) is 4.91. The van der Waals surface area contributed by atoms with E-state index in [2.05, 4.69) is 10.2 Å². The number of nitro benzene ring substituents is 1. The smallest absolute Gasteiger partial charge is 0.269 e. The van der Waals surface area contributed by atoms with Crippen molar-refractivity contribution in [2.75, 3.05) is 11.9 Å². The van der Waals surface area contributed by atoms with Crippen LogP contribution in [0.3, 0.4) is 0 Å². The molecule has 0 saturated heterocycles. The van der Waals surface area contributed by atoms with Gasteiger partial charge in [-0.25, -0.2) is 0 Å². The van der Waals surface area contributed by atoms with E-state index >= 15 is 0 Å². The summed E-state index contributed by atoms with van der Waals surface area (Å²) in [4.78, 5) is 12.8. The van der Waals surface area contributed by atoms with Gasteiger partial charge in [0.1, 0.15) is 6.33 Å². The summed E-state index contributed by atoms with van der Waals surface area (Å²) in [7, 11) is 1.92. The number of hydrogen-bond donors (Lipinski definition) is 0. The molecular formula is C16H13N5O2. The molecule has 0 amide bonds. The highest BCUT2D eigenvalue weighted by atomic mass is 16.6. The summed E-state index contributed by atoms with van der Waals surface area (Å²) in [5.41, 5.74) is 2.85. The molecule has 1 unspecified atom stereocenters. The van der Waals surface area contributed by atoms with Gasteiger partial charge in [-0.15, -0.1) is 10.2 Å². The van der Waals surface area contributed by atoms with Crippen LogP contribution in [0.1, 0.15) is 17.2 Å². The third kappa shape index (κ3) is 1.97. The minimum Gasteiger partial charge on any atom is -0.332 e. The average molecular weight is 307 g/mol. The molecule has 7 nitrogen and oxygen atoms in total. The lowest BCUT2D eigenvalue weighted by molar-refractivity contribution is -0.384. The summed E-state index contributed by atoms with van der Waals surface area (Å²) in [6, 6.07) is 14.6. The van der Waals surface area contributed by atoms with E-state index < -0.39 is 0 Å². The predicted octanol–water partition coefficient (Wildman–Crippen LogP) is 2.71. The van der Waals surface area contributed by atoms with Gasteiger partial charge in [0.05, 0.1) is 16.7 Å². The molecular weight excluding hydrogens is 294 g/mol. The minimum absolute atomic E-state index is 0.0783. The lowest BCUT2D eigenvalue weighted by Gasteiger charge is -2.35. The van der Waals surface area contributed by atoms with Crippen molar-refractivity contribution in [1.29, 1.82) is 0 Å². The van der Waals surface area contributed by atoms with Crippen LogP contribution in [-0.4, -0.2) is 26.7 Å². The van der Waals surface area contributed by atoms with Crippen molar-refractivity contribution in [2.24, 2.45) is 0 Å². The summed E-state index contributed by atoms with van der Waals surface area (Å²) in [5.74, 6) is 0.709. The molecule has 1 atom stereocenters. The Labute approximate surface area is 132 Å². The summed E-state index contributed by atoms with van der Waals surface area (Å²) in [6.07, 6.45) is 1.62. The third-order valence-electron chi connectivity index (χ3n) is 4.12. The lowest BCUT2D eigenvalue weighted by Crippen LogP contribution is -2.32. The first-order valence-corrected chi connectivity index (χ1v) is 7.13. The fourth-order valence-electron chi connectivity index (χ4n) is 3.10. The maximum atomic E-state index is 11.2. The van der Waals surface area contributed by atoms with Crippen molar-refractivity contribution >= 4 is 11.6 Å². The molecule has 23 heavy (non-hydrogen) atoms. The fourth-order valence-corrected chi connectivity index (χ4v) is 3.10. The number of rotatable bonds is 2. The molecule has 7 heteroatoms. The Kier molecular flexibility index (Phi) is 2.87. The average Bonchev–Trinajstić information content (AvgIpc) is 3.06. The van der Waals surface area contributed by atoms with E-state index in [1.165, 1.54) is 6.07 Å². The van der Waals surface area contributed by atoms with Crippen LogP contribution in [0.4, 0.5) is 11.6 Å². The summed E-state index contributed by atoms with van der Waals surface area (Å²) in [5, 5.41) is 19.3. The highest BCUT2D eigenvalue weighted by molar-refractivity contribution is 5.61. The van der Waals surface area contributed by atoms with Crippen LogP contribution >= 0.6 is 0 Å². The standard InChI is InChI=1S/C16H13N5O2/c1-19-15(11-5-3-2-4-6-11)13-9-12(21(22)23)7-8-14(13)20-10-17-18-16(19)20/h2-10,15H,1H3. The van der Waals surface area contributed by atoms with Gasteiger partial charge < -0.3 is 4.90 Å². The van der Waals surface area contributed by atoms with Gasteiger partial charge in [0.2, 0.25) is 5.95 Å². The molecule has 0 N–H and O–H groups in total. The number of aromatic nitrogens is 3. The van der Waals surface area contributed by atoms with E-state index in [0.717, 1.165) is 16.8 Å². The van der Waals surface area contributed by atoms with Crippen molar-refractivity contribution in [2.45, 2.75) is 6.04 Å². The van der Waals surface area contributed by atoms with Gasteiger partial charge in [0.25, 0.3) is 5.69 Å². The van der Waals surface area contributed by atoms with Gasteiger partial charge in [-0.2, -0.15) is 0 Å². The first-order chi connectivity index (χ1) is 11.2. The van der Waals surface area contributed by atoms with E-state index in [1.807, 2.05) is 46.8 Å². The highest BCUT2D eigenvalue weighted by Gasteiger charge is 2.32. The third-order valence-corrected chi connectivity index (χ3v) is 4.12. The van der Waals surface area contributed by atoms with Crippen LogP contribution < -0.4 is 4.90 Å². The van der Waals surface area contributed by atoms with Crippen LogP contribution in [0, 0.1) is 10.1 Å². The zero-order chi connectivity index (χ0) is 16.0. The van der Waals surface area contributed by atoms with Crippen molar-refractivity contribution in [3.63, 3.8) is 0 Å². The Bertz CT molecular complexity index is 890. The van der Waals surface area contributed by atoms with Crippen LogP contribution in [0.2, 0.25) is 0 Å². The van der Waals surface area contributed by atoms with E-state index in [9.17, 15) is 10.1 Å². The molecule has 4 rings (SSSR count). The molecule has 0 saturated carbocycles. The Morgan fingerprint density at radius 1 is 1.17 bits per heavy atom. The zero-order valence-corrected chi connectivity index (χ0v) is 12.3. The molecule has 1 aromatic heterocycles. The van der Waals surface area contributed by atoms with E-state index in [0.29, 0.717) is 5.95 Å². The van der Waals surface area contributed by atoms with Crippen molar-refractivity contribution in [3.8, 4) is 5.69 Å². The number of nitro groups is 1. The second-order valence-corrected chi connectivity index (χ2v) is 5.43. The van der Waals surface area contributed by atoms with Gasteiger partial charge >= 0.3 is 0 Å². The predicted molar refractivity (Wildman–Crippen MR) is 84.7 cm³/mol. The summed E-state index contributed by atoms with van der Waals surface area (Å²) >= 11 is 0. The zero-order valence-electron chi connectivity index (χ0n) is 12.3. The van der Waals surface area contributed by atoms with Crippen LogP contribution in [-0.2, 0) is 0 Å². The molecule has 3 aromatic rings. The maximum Gasteiger partial charge on any atom is 0.269 e. The van der Waals surface area contributed by atoms with E-state index in [4.69, 9.17) is 0 Å². The Morgan fingerprint density at radius 2 is 1.96 bits per heavy atom. The molecule has 0 bridgehead atoms. The second-order valence-electron chi connectivity index (χ2n) is 5.43. The van der Waals surface area contributed by atoms with E-state index in [-0.39, 0.29) is 16.7 Å². The molecule has 114 valence electrons. The highest BCUT2D eigenvalue weighted by Crippen LogP contribution is 2.40. The Hall–Kier alpha value is -3.22. The number of non-ortho nitro benzene ring substituents is 1. The summed E-state index contributed by atoms with van der Waals surface area (Å²) in [6.45, 7) is 0. The topological polar surface area (TPSA) is 77.1 Å². The lowest BCUT2D eigenvalue weighted by atomic mass is 9.94. The number of anilines is 1. The first-order valence-electron chi connectivity index (χ1n) is 7.13. The van der Waals surface area contributed by atoms with Gasteiger partial charge in [0, 0.05) is 24.7 Å². The fraction of sp³-hybridized carbons (Fsp3) is 0.125. The van der Waals surface area contributed by atoms with Gasteiger partial charge in [-0.1, -0.05) is 30.3 Å². The molecule has 1 aliphatic rings. The Morgan fingerprint density at radius 3 is 2.70 bits per heavy atom. The molecule has 2 aromatic carbocycles. The van der Waals surface area contributed by atoms with Gasteiger partial charge in [-0.3, -0.25) is 14.7 Å². The van der Waals surface area contributed by atoms with Crippen molar-refractivity contribution in [1.82, 2.24) is 14.8 Å². The van der Waals surface area contributed by atoms with Crippen LogP contribution in [0.15, 0.2) is 54.9 Å². The number of fused-ring (bicyclic) bond motifs is 3. The molecule has 1 aliphatic heterocycles. The Balaban J connectivity index is 1.99. The monoisotopic (exact) mass is 307 g/mol. The molecule has 0 aliphatic carbocycles. The normalized spacial score (nSPS) is 15.9. The SMILES string of the molecule is CN1c2nncn2-c2ccc([N+](=O)[O-])cc2C1c1ccccc1. The molecule has 0 radical (unpaired) electrons. The first kappa shape index (κ1) is 13.4. The molecule has 0 fully saturated rings. The van der Waals surface area contributed by atoms with Crippen LogP contribution in [0.5, 0.6) is 0 Å². The number of hydrogen-bond acceptors (Lipinski definition) is 5. The summed E-state index contributed by atoms with van der Waals surface area (Å²) < 4.78 is 1.85. The van der Waals surface area contributed by atoms with Gasteiger partial charge in [-0.05, 0) is 11.6 Å². The minimum atomic E-state index is -0.371. The number of nitrogens with zero attached hydrogens (tertiary/aromatic N) is 5. The molecule has 2 heterocycles. The quantitative estimate of drug-likeness (QED) is 0.537. The largest absolute Gasteiger partial charge is 0.332 e.